The maximum atomic E-state index is 15.9. The predicted molar refractivity (Wildman–Crippen MR) is 153 cm³/mol. The van der Waals surface area contributed by atoms with Gasteiger partial charge in [0.05, 0.1) is 22.8 Å². The Morgan fingerprint density at radius 1 is 0.875 bits per heavy atom. The van der Waals surface area contributed by atoms with Crippen molar-refractivity contribution in [1.82, 2.24) is 20.2 Å². The van der Waals surface area contributed by atoms with E-state index in [9.17, 15) is 0 Å². The molecule has 1 saturated carbocycles. The fourth-order valence-electron chi connectivity index (χ4n) is 5.73. The van der Waals surface area contributed by atoms with Gasteiger partial charge in [-0.3, -0.25) is 0 Å². The summed E-state index contributed by atoms with van der Waals surface area (Å²) in [5.41, 5.74) is 2.74. The second kappa shape index (κ2) is 10.1. The topological polar surface area (TPSA) is 56.1 Å². The SMILES string of the molecule is Fc1c(Cl)cc2c(c1-c1nnn(C(c3ccccc3)(c3ccccc3)c3ccccc3)n1)N(CC1CC1)CCO2. The molecule has 1 aliphatic carbocycles. The van der Waals surface area contributed by atoms with E-state index in [-0.39, 0.29) is 16.4 Å². The lowest BCUT2D eigenvalue weighted by Crippen LogP contribution is -2.39. The average Bonchev–Trinajstić information content (AvgIpc) is 3.69. The Morgan fingerprint density at radius 2 is 1.45 bits per heavy atom. The Morgan fingerprint density at radius 3 is 2.00 bits per heavy atom. The smallest absolute Gasteiger partial charge is 0.210 e. The number of rotatable bonds is 7. The third kappa shape index (κ3) is 4.12. The van der Waals surface area contributed by atoms with E-state index in [0.29, 0.717) is 30.5 Å². The van der Waals surface area contributed by atoms with Crippen LogP contribution in [-0.2, 0) is 5.54 Å². The number of benzene rings is 4. The summed E-state index contributed by atoms with van der Waals surface area (Å²) in [5, 5.41) is 14.0. The van der Waals surface area contributed by atoms with Gasteiger partial charge in [0.2, 0.25) is 5.82 Å². The molecule has 1 fully saturated rings. The first-order chi connectivity index (χ1) is 19.7. The summed E-state index contributed by atoms with van der Waals surface area (Å²) >= 11 is 6.39. The number of hydrogen-bond acceptors (Lipinski definition) is 5. The van der Waals surface area contributed by atoms with E-state index in [1.54, 1.807) is 10.9 Å². The van der Waals surface area contributed by atoms with Crippen LogP contribution >= 0.6 is 11.6 Å². The molecule has 1 aromatic heterocycles. The van der Waals surface area contributed by atoms with Gasteiger partial charge in [0.1, 0.15) is 12.4 Å². The molecule has 7 rings (SSSR count). The Balaban J connectivity index is 1.47. The van der Waals surface area contributed by atoms with E-state index in [0.717, 1.165) is 23.2 Å². The summed E-state index contributed by atoms with van der Waals surface area (Å²) in [6.07, 6.45) is 2.36. The van der Waals surface area contributed by atoms with Gasteiger partial charge in [-0.1, -0.05) is 103 Å². The first-order valence-electron chi connectivity index (χ1n) is 13.5. The molecule has 2 heterocycles. The Kier molecular flexibility index (Phi) is 6.24. The maximum Gasteiger partial charge on any atom is 0.210 e. The number of anilines is 1. The van der Waals surface area contributed by atoms with Crippen molar-refractivity contribution in [3.63, 3.8) is 0 Å². The highest BCUT2D eigenvalue weighted by molar-refractivity contribution is 6.31. The zero-order valence-electron chi connectivity index (χ0n) is 21.8. The first-order valence-corrected chi connectivity index (χ1v) is 13.9. The molecular weight excluding hydrogens is 525 g/mol. The number of ether oxygens (including phenoxy) is 1. The summed E-state index contributed by atoms with van der Waals surface area (Å²) in [5.74, 6) is 0.735. The molecule has 0 saturated heterocycles. The van der Waals surface area contributed by atoms with E-state index in [2.05, 4.69) is 51.6 Å². The van der Waals surface area contributed by atoms with Gasteiger partial charge < -0.3 is 9.64 Å². The van der Waals surface area contributed by atoms with E-state index < -0.39 is 11.4 Å². The van der Waals surface area contributed by atoms with Crippen LogP contribution < -0.4 is 9.64 Å². The lowest BCUT2D eigenvalue weighted by atomic mass is 9.77. The van der Waals surface area contributed by atoms with Gasteiger partial charge in [-0.15, -0.1) is 15.0 Å². The van der Waals surface area contributed by atoms with Crippen molar-refractivity contribution in [3.05, 3.63) is 125 Å². The largest absolute Gasteiger partial charge is 0.489 e. The molecule has 6 nitrogen and oxygen atoms in total. The zero-order chi connectivity index (χ0) is 27.1. The second-order valence-corrected chi connectivity index (χ2v) is 10.8. The molecule has 0 atom stereocenters. The second-order valence-electron chi connectivity index (χ2n) is 10.3. The molecule has 0 amide bonds. The summed E-state index contributed by atoms with van der Waals surface area (Å²) in [6, 6.07) is 31.8. The minimum absolute atomic E-state index is 0.0289. The molecule has 8 heteroatoms. The monoisotopic (exact) mass is 551 g/mol. The van der Waals surface area contributed by atoms with Crippen LogP contribution in [0.4, 0.5) is 10.1 Å². The highest BCUT2D eigenvalue weighted by Crippen LogP contribution is 2.46. The lowest BCUT2D eigenvalue weighted by Gasteiger charge is -2.34. The number of halogens is 2. The summed E-state index contributed by atoms with van der Waals surface area (Å²) in [4.78, 5) is 3.79. The minimum atomic E-state index is -0.964. The van der Waals surface area contributed by atoms with Crippen LogP contribution in [0.1, 0.15) is 29.5 Å². The molecule has 0 bridgehead atoms. The first kappa shape index (κ1) is 24.8. The highest BCUT2D eigenvalue weighted by atomic mass is 35.5. The Labute approximate surface area is 237 Å². The molecular formula is C32H27ClFN5O. The normalized spacial score (nSPS) is 15.0. The predicted octanol–water partition coefficient (Wildman–Crippen LogP) is 6.58. The van der Waals surface area contributed by atoms with Crippen molar-refractivity contribution < 1.29 is 9.13 Å². The number of nitrogens with zero attached hydrogens (tertiary/aromatic N) is 5. The maximum absolute atomic E-state index is 15.9. The van der Waals surface area contributed by atoms with Crippen LogP contribution in [0.2, 0.25) is 5.02 Å². The lowest BCUT2D eigenvalue weighted by molar-refractivity contribution is 0.306. The third-order valence-electron chi connectivity index (χ3n) is 7.78. The van der Waals surface area contributed by atoms with Crippen LogP contribution in [0.15, 0.2) is 97.1 Å². The summed E-state index contributed by atoms with van der Waals surface area (Å²) < 4.78 is 21.9. The molecule has 4 aromatic carbocycles. The fraction of sp³-hybridized carbons (Fsp3) is 0.219. The van der Waals surface area contributed by atoms with Gasteiger partial charge in [-0.2, -0.15) is 0 Å². The van der Waals surface area contributed by atoms with Crippen LogP contribution in [0, 0.1) is 11.7 Å². The number of aromatic nitrogens is 4. The summed E-state index contributed by atoms with van der Waals surface area (Å²) in [7, 11) is 0. The zero-order valence-corrected chi connectivity index (χ0v) is 22.5. The van der Waals surface area contributed by atoms with Crippen molar-refractivity contribution in [2.75, 3.05) is 24.6 Å². The number of tetrazole rings is 1. The number of fused-ring (bicyclic) bond motifs is 1. The number of hydrogen-bond donors (Lipinski definition) is 0. The van der Waals surface area contributed by atoms with Crippen molar-refractivity contribution in [3.8, 4) is 17.1 Å². The van der Waals surface area contributed by atoms with Gasteiger partial charge >= 0.3 is 0 Å². The van der Waals surface area contributed by atoms with Crippen molar-refractivity contribution in [2.24, 2.45) is 5.92 Å². The molecule has 2 aliphatic rings. The van der Waals surface area contributed by atoms with E-state index in [1.165, 1.54) is 12.8 Å². The average molecular weight is 552 g/mol. The standard InChI is InChI=1S/C32H27ClFN5O/c33-26-20-27-30(38(18-19-40-27)21-22-16-17-22)28(29(26)34)31-35-37-39(36-31)32(23-10-4-1-5-11-23,24-12-6-2-7-13-24)25-14-8-3-9-15-25/h1-15,20,22H,16-19,21H2. The van der Waals surface area contributed by atoms with Crippen molar-refractivity contribution in [2.45, 2.75) is 18.4 Å². The molecule has 0 unspecified atom stereocenters. The van der Waals surface area contributed by atoms with Gasteiger partial charge in [-0.05, 0) is 40.7 Å². The molecule has 5 aromatic rings. The van der Waals surface area contributed by atoms with Gasteiger partial charge in [-0.25, -0.2) is 4.39 Å². The van der Waals surface area contributed by atoms with Gasteiger partial charge in [0.15, 0.2) is 11.4 Å². The molecule has 1 aliphatic heterocycles. The van der Waals surface area contributed by atoms with Crippen molar-refractivity contribution >= 4 is 17.3 Å². The van der Waals surface area contributed by atoms with Crippen molar-refractivity contribution in [1.29, 1.82) is 0 Å². The summed E-state index contributed by atoms with van der Waals surface area (Å²) in [6.45, 7) is 2.01. The highest BCUT2D eigenvalue weighted by Gasteiger charge is 2.42. The molecule has 40 heavy (non-hydrogen) atoms. The Hall–Kier alpha value is -4.23. The van der Waals surface area contributed by atoms with Crippen LogP contribution in [-0.4, -0.2) is 39.9 Å². The van der Waals surface area contributed by atoms with E-state index >= 15 is 4.39 Å². The van der Waals surface area contributed by atoms with E-state index in [1.807, 2.05) is 54.6 Å². The van der Waals surface area contributed by atoms with E-state index in [4.69, 9.17) is 21.4 Å². The van der Waals surface area contributed by atoms with Crippen LogP contribution in [0.3, 0.4) is 0 Å². The molecule has 0 radical (unpaired) electrons. The molecule has 0 N–H and O–H groups in total. The molecule has 0 spiro atoms. The quantitative estimate of drug-likeness (QED) is 0.214. The van der Waals surface area contributed by atoms with Gasteiger partial charge in [0, 0.05) is 12.6 Å². The van der Waals surface area contributed by atoms with Crippen LogP contribution in [0.25, 0.3) is 11.4 Å². The fourth-order valence-corrected chi connectivity index (χ4v) is 5.93. The van der Waals surface area contributed by atoms with Crippen LogP contribution in [0.5, 0.6) is 5.75 Å². The van der Waals surface area contributed by atoms with Gasteiger partial charge in [0.25, 0.3) is 0 Å². The Bertz CT molecular complexity index is 1540. The minimum Gasteiger partial charge on any atom is -0.489 e. The molecule has 200 valence electrons. The third-order valence-corrected chi connectivity index (χ3v) is 8.05.